The van der Waals surface area contributed by atoms with E-state index in [-0.39, 0.29) is 11.1 Å². The molecule has 0 saturated heterocycles. The highest BCUT2D eigenvalue weighted by molar-refractivity contribution is 7.02. The van der Waals surface area contributed by atoms with Crippen LogP contribution < -0.4 is 30.2 Å². The van der Waals surface area contributed by atoms with Crippen LogP contribution in [0.5, 0.6) is 23.0 Å². The lowest BCUT2D eigenvalue weighted by molar-refractivity contribution is 0.488. The molecule has 0 N–H and O–H groups in total. The van der Waals surface area contributed by atoms with Crippen molar-refractivity contribution in [1.29, 1.82) is 0 Å². The molecule has 0 saturated carbocycles. The van der Waals surface area contributed by atoms with Crippen LogP contribution in [0.4, 0.5) is 0 Å². The molecule has 0 spiro atoms. The zero-order valence-electron chi connectivity index (χ0n) is 39.2. The molecule has 48 heavy (non-hydrogen) atoms. The first kappa shape index (κ1) is 20.0. The molecule has 2 aliphatic rings. The molecule has 238 valence electrons. The third-order valence-electron chi connectivity index (χ3n) is 9.98. The van der Waals surface area contributed by atoms with Crippen LogP contribution in [0.15, 0.2) is 109 Å². The van der Waals surface area contributed by atoms with Crippen LogP contribution in [-0.2, 0) is 0 Å². The maximum Gasteiger partial charge on any atom is 0.134 e. The molecule has 2 heterocycles. The Morgan fingerprint density at radius 3 is 1.27 bits per heavy atom. The van der Waals surface area contributed by atoms with Crippen LogP contribution in [0.3, 0.4) is 0 Å². The van der Waals surface area contributed by atoms with Crippen molar-refractivity contribution in [3.63, 3.8) is 0 Å². The molecule has 2 unspecified atom stereocenters. The summed E-state index contributed by atoms with van der Waals surface area (Å²) in [4.78, 5) is 0. The van der Waals surface area contributed by atoms with Crippen LogP contribution in [0.25, 0.3) is 33.4 Å². The maximum atomic E-state index is 8.76. The molecule has 0 aromatic heterocycles. The van der Waals surface area contributed by atoms with Crippen LogP contribution in [0, 0.1) is 27.6 Å². The zero-order valence-corrected chi connectivity index (χ0v) is 29.2. The van der Waals surface area contributed by atoms with Gasteiger partial charge in [-0.2, -0.15) is 0 Å². The van der Waals surface area contributed by atoms with Crippen molar-refractivity contribution in [3.05, 3.63) is 131 Å². The summed E-state index contributed by atoms with van der Waals surface area (Å²) in [6, 6.07) is 31.5. The van der Waals surface area contributed by atoms with Crippen molar-refractivity contribution < 1.29 is 25.9 Å². The van der Waals surface area contributed by atoms with Crippen molar-refractivity contribution in [3.8, 4) is 56.4 Å². The van der Waals surface area contributed by atoms with E-state index in [1.54, 1.807) is 104 Å². The molecule has 0 amide bonds. The molecule has 2 nitrogen and oxygen atoms in total. The van der Waals surface area contributed by atoms with Crippen molar-refractivity contribution >= 4 is 36.9 Å². The van der Waals surface area contributed by atoms with Crippen molar-refractivity contribution in [2.75, 3.05) is 0 Å². The summed E-state index contributed by atoms with van der Waals surface area (Å²) < 4.78 is 118. The topological polar surface area (TPSA) is 18.5 Å². The van der Waals surface area contributed by atoms with E-state index in [9.17, 15) is 0 Å². The zero-order chi connectivity index (χ0) is 43.5. The summed E-state index contributed by atoms with van der Waals surface area (Å²) in [6.45, 7) is -2.77. The second kappa shape index (κ2) is 10.9. The van der Waals surface area contributed by atoms with Crippen LogP contribution in [0.1, 0.15) is 38.7 Å². The average molecular weight is 671 g/mol. The number of hydrogen-bond donors (Lipinski definition) is 0. The fourth-order valence-corrected chi connectivity index (χ4v) is 12.2. The van der Waals surface area contributed by atoms with Crippen molar-refractivity contribution in [2.45, 2.75) is 53.6 Å². The largest absolute Gasteiger partial charge is 0.457 e. The smallest absolute Gasteiger partial charge is 0.134 e. The minimum atomic E-state index is -3.46. The molecule has 6 aromatic rings. The lowest BCUT2D eigenvalue weighted by Crippen LogP contribution is -2.56. The van der Waals surface area contributed by atoms with Gasteiger partial charge in [0, 0.05) is 27.6 Å². The molecule has 6 aromatic carbocycles. The molecule has 2 atom stereocenters. The van der Waals surface area contributed by atoms with E-state index >= 15 is 0 Å². The number of aryl methyl sites for hydroxylation is 4. The average Bonchev–Trinajstić information content (AvgIpc) is 3.16. The monoisotopic (exact) mass is 670 g/mol. The van der Waals surface area contributed by atoms with Gasteiger partial charge in [-0.1, -0.05) is 123 Å². The van der Waals surface area contributed by atoms with Gasteiger partial charge in [0.05, 0.1) is 0 Å². The van der Waals surface area contributed by atoms with Gasteiger partial charge in [0.1, 0.15) is 39.1 Å². The second-order valence-corrected chi connectivity index (χ2v) is 19.9. The lowest BCUT2D eigenvalue weighted by Gasteiger charge is -2.34. The van der Waals surface area contributed by atoms with Crippen molar-refractivity contribution in [1.82, 2.24) is 0 Å². The van der Waals surface area contributed by atoms with Gasteiger partial charge in [0.2, 0.25) is 0 Å². The predicted octanol–water partition coefficient (Wildman–Crippen LogP) is 9.78. The van der Waals surface area contributed by atoms with E-state index < -0.39 is 42.8 Å². The maximum absolute atomic E-state index is 8.76. The quantitative estimate of drug-likeness (QED) is 0.175. The van der Waals surface area contributed by atoms with E-state index in [1.807, 2.05) is 25.6 Å². The molecule has 8 rings (SSSR count). The van der Waals surface area contributed by atoms with E-state index in [1.165, 1.54) is 6.07 Å². The molecule has 4 heteroatoms. The second-order valence-electron chi connectivity index (χ2n) is 13.2. The molecule has 0 fully saturated rings. The first-order chi connectivity index (χ1) is 27.9. The van der Waals surface area contributed by atoms with E-state index in [0.717, 1.165) is 0 Å². The number of rotatable bonds is 3. The Hall–Kier alpha value is -4.65. The van der Waals surface area contributed by atoms with E-state index in [4.69, 9.17) is 25.9 Å². The van der Waals surface area contributed by atoms with Gasteiger partial charge in [-0.25, -0.2) is 0 Å². The summed E-state index contributed by atoms with van der Waals surface area (Å²) in [5, 5.41) is 2.41. The third kappa shape index (κ3) is 4.57. The van der Waals surface area contributed by atoms with Gasteiger partial charge in [0.25, 0.3) is 0 Å². The highest BCUT2D eigenvalue weighted by Gasteiger charge is 2.38. The summed E-state index contributed by atoms with van der Waals surface area (Å²) in [6.07, 6.45) is 0. The molecule has 0 bridgehead atoms. The fourth-order valence-electron chi connectivity index (χ4n) is 7.39. The summed E-state index contributed by atoms with van der Waals surface area (Å²) in [5.74, 6) is 1.56. The number of hydrogen-bond acceptors (Lipinski definition) is 2. The van der Waals surface area contributed by atoms with Crippen LogP contribution in [0.2, 0.25) is 26.0 Å². The molecular weight excluding hydrogens is 617 g/mol. The molecule has 0 aliphatic carbocycles. The third-order valence-corrected chi connectivity index (χ3v) is 15.9. The molecule has 2 aliphatic heterocycles. The summed E-state index contributed by atoms with van der Waals surface area (Å²) >= 11 is 0. The number of para-hydroxylation sites is 4. The number of benzene rings is 6. The Kier molecular flexibility index (Phi) is 4.56. The first-order valence-electron chi connectivity index (χ1n) is 22.0. The highest BCUT2D eigenvalue weighted by atomic mass is 28.3. The standard InChI is InChI=1S/C44H42O2Si2/c1-27-25-35(29(3)23-33(27)31-15-13-21-41-43(31)45-37-17-9-11-19-39(37)47(41,5)6)36-26-28(2)34(24-30(36)4)32-16-14-22-42-44(32)46-38-18-10-12-20-40(38)48(42,7)8/h9-26H,1-8H3/i1D3,4D3,5D3,7D3. The Morgan fingerprint density at radius 1 is 0.438 bits per heavy atom. The molecular formula is C44H42O2Si2. The van der Waals surface area contributed by atoms with Crippen LogP contribution in [-0.4, -0.2) is 16.1 Å². The van der Waals surface area contributed by atoms with Gasteiger partial charge in [0.15, 0.2) is 0 Å². The fraction of sp³-hybridized carbons (Fsp3) is 0.182. The van der Waals surface area contributed by atoms with E-state index in [2.05, 4.69) is 0 Å². The Bertz CT molecular complexity index is 2740. The Morgan fingerprint density at radius 2 is 0.812 bits per heavy atom. The SMILES string of the molecule is [2H]C([2H])([2H])c1cc(-c2cccc3c2Oc2ccccc2[Si]3(C)C([2H])([2H])[2H])c(C)cc1-c1cc(C([2H])([2H])[2H])c(-c2cccc3c2Oc2ccccc2[Si]3(C)C([2H])([2H])[2H])cc1C. The molecule has 0 radical (unpaired) electrons. The minimum Gasteiger partial charge on any atom is -0.457 e. The van der Waals surface area contributed by atoms with Crippen LogP contribution >= 0.6 is 0 Å². The summed E-state index contributed by atoms with van der Waals surface area (Å²) in [7, 11) is -6.87. The Labute approximate surface area is 303 Å². The highest BCUT2D eigenvalue weighted by Crippen LogP contribution is 2.43. The normalized spacial score (nSPS) is 23.7. The van der Waals surface area contributed by atoms with Gasteiger partial charge < -0.3 is 9.47 Å². The first-order valence-corrected chi connectivity index (χ1v) is 21.0. The van der Waals surface area contributed by atoms with Gasteiger partial charge in [-0.05, 0) is 105 Å². The van der Waals surface area contributed by atoms with Gasteiger partial charge in [-0.3, -0.25) is 0 Å². The van der Waals surface area contributed by atoms with E-state index in [0.29, 0.717) is 88.3 Å². The predicted molar refractivity (Wildman–Crippen MR) is 208 cm³/mol. The van der Waals surface area contributed by atoms with Crippen molar-refractivity contribution in [2.24, 2.45) is 0 Å². The summed E-state index contributed by atoms with van der Waals surface area (Å²) in [5.41, 5.74) is 3.78. The number of ether oxygens (including phenoxy) is 2. The number of fused-ring (bicyclic) bond motifs is 4. The lowest BCUT2D eigenvalue weighted by atomic mass is 9.87. The van der Waals surface area contributed by atoms with Gasteiger partial charge in [-0.15, -0.1) is 0 Å². The Balaban J connectivity index is 1.33. The van der Waals surface area contributed by atoms with Gasteiger partial charge >= 0.3 is 0 Å². The minimum absolute atomic E-state index is 0.0171.